The third-order valence-corrected chi connectivity index (χ3v) is 2.42. The third-order valence-electron chi connectivity index (χ3n) is 2.03. The molecule has 0 aliphatic rings. The molecule has 19 heavy (non-hydrogen) atoms. The molecule has 0 aliphatic carbocycles. The molecule has 0 aromatic carbocycles. The van der Waals surface area contributed by atoms with Gasteiger partial charge in [-0.15, -0.1) is 0 Å². The largest absolute Gasteiger partial charge is 0.480 e. The molecule has 1 heterocycles. The average Bonchev–Trinajstić information content (AvgIpc) is 2.25. The number of carboxylic acid groups (broad SMARTS) is 1. The van der Waals surface area contributed by atoms with Crippen molar-refractivity contribution in [2.75, 3.05) is 0 Å². The lowest BCUT2D eigenvalue weighted by Crippen LogP contribution is -2.43. The molecule has 0 aliphatic heterocycles. The summed E-state index contributed by atoms with van der Waals surface area (Å²) in [6, 6.07) is 1.01. The Balaban J connectivity index is 2.87. The highest BCUT2D eigenvalue weighted by molar-refractivity contribution is 6.33. The molecule has 1 aromatic heterocycles. The van der Waals surface area contributed by atoms with Crippen molar-refractivity contribution >= 4 is 41.0 Å². The number of carboxylic acids is 1. The van der Waals surface area contributed by atoms with Crippen molar-refractivity contribution in [2.24, 2.45) is 5.73 Å². The van der Waals surface area contributed by atoms with Gasteiger partial charge in [0.15, 0.2) is 0 Å². The van der Waals surface area contributed by atoms with E-state index in [4.69, 9.17) is 34.0 Å². The number of nitrogens with two attached hydrogens (primary N) is 1. The number of primary amides is 1. The minimum atomic E-state index is -1.42. The zero-order chi connectivity index (χ0) is 14.6. The number of amides is 2. The zero-order valence-corrected chi connectivity index (χ0v) is 10.9. The second-order valence-corrected chi connectivity index (χ2v) is 4.31. The number of hydrogen-bond donors (Lipinski definition) is 3. The van der Waals surface area contributed by atoms with E-state index in [0.717, 1.165) is 0 Å². The number of rotatable bonds is 5. The van der Waals surface area contributed by atoms with Crippen molar-refractivity contribution < 1.29 is 19.5 Å². The van der Waals surface area contributed by atoms with E-state index in [9.17, 15) is 14.4 Å². The summed E-state index contributed by atoms with van der Waals surface area (Å²) in [5, 5.41) is 10.9. The number of nitrogens with one attached hydrogen (secondary N) is 1. The van der Waals surface area contributed by atoms with Crippen molar-refractivity contribution in [1.82, 2.24) is 10.3 Å². The van der Waals surface area contributed by atoms with Crippen LogP contribution in [0.3, 0.4) is 0 Å². The number of nitrogens with zero attached hydrogens (tertiary/aromatic N) is 1. The lowest BCUT2D eigenvalue weighted by molar-refractivity contribution is -0.140. The summed E-state index contributed by atoms with van der Waals surface area (Å²) < 4.78 is 0. The normalized spacial score (nSPS) is 11.7. The second-order valence-electron chi connectivity index (χ2n) is 3.54. The first-order valence-corrected chi connectivity index (χ1v) is 5.70. The maximum atomic E-state index is 11.8. The maximum absolute atomic E-state index is 11.8. The third kappa shape index (κ3) is 4.72. The summed E-state index contributed by atoms with van der Waals surface area (Å²) >= 11 is 11.2. The lowest BCUT2D eigenvalue weighted by atomic mass is 10.1. The number of pyridine rings is 1. The van der Waals surface area contributed by atoms with E-state index in [1.807, 2.05) is 0 Å². The summed E-state index contributed by atoms with van der Waals surface area (Å²) in [4.78, 5) is 37.0. The van der Waals surface area contributed by atoms with E-state index in [-0.39, 0.29) is 15.9 Å². The summed E-state index contributed by atoms with van der Waals surface area (Å²) in [7, 11) is 0. The lowest BCUT2D eigenvalue weighted by Gasteiger charge is -2.12. The molecule has 102 valence electrons. The van der Waals surface area contributed by atoms with Crippen molar-refractivity contribution in [2.45, 2.75) is 12.5 Å². The fourth-order valence-corrected chi connectivity index (χ4v) is 1.70. The van der Waals surface area contributed by atoms with E-state index in [1.54, 1.807) is 0 Å². The Morgan fingerprint density at radius 3 is 2.26 bits per heavy atom. The zero-order valence-electron chi connectivity index (χ0n) is 9.39. The molecule has 4 N–H and O–H groups in total. The van der Waals surface area contributed by atoms with Crippen LogP contribution in [0.2, 0.25) is 10.3 Å². The van der Waals surface area contributed by atoms with Crippen LogP contribution in [0.5, 0.6) is 0 Å². The summed E-state index contributed by atoms with van der Waals surface area (Å²) in [6.07, 6.45) is -0.520. The molecule has 0 unspecified atom stereocenters. The predicted molar refractivity (Wildman–Crippen MR) is 67.0 cm³/mol. The van der Waals surface area contributed by atoms with Gasteiger partial charge >= 0.3 is 5.97 Å². The van der Waals surface area contributed by atoms with Crippen LogP contribution < -0.4 is 11.1 Å². The number of aliphatic carboxylic acids is 1. The van der Waals surface area contributed by atoms with Gasteiger partial charge in [-0.3, -0.25) is 9.59 Å². The number of hydrogen-bond acceptors (Lipinski definition) is 4. The van der Waals surface area contributed by atoms with Crippen LogP contribution in [0.4, 0.5) is 0 Å². The molecule has 0 fully saturated rings. The predicted octanol–water partition coefficient (Wildman–Crippen LogP) is 0.447. The molecule has 1 aromatic rings. The van der Waals surface area contributed by atoms with E-state index >= 15 is 0 Å². The van der Waals surface area contributed by atoms with Crippen LogP contribution in [0.25, 0.3) is 0 Å². The molecule has 0 saturated carbocycles. The first kappa shape index (κ1) is 15.2. The highest BCUT2D eigenvalue weighted by Crippen LogP contribution is 2.14. The topological polar surface area (TPSA) is 122 Å². The number of carbonyl (C=O) groups excluding carboxylic acids is 2. The number of aromatic nitrogens is 1. The molecule has 2 amide bonds. The number of carbonyl (C=O) groups is 3. The smallest absolute Gasteiger partial charge is 0.326 e. The highest BCUT2D eigenvalue weighted by Gasteiger charge is 2.23. The Labute approximate surface area is 117 Å². The molecule has 7 nitrogen and oxygen atoms in total. The van der Waals surface area contributed by atoms with E-state index in [0.29, 0.717) is 0 Å². The Hall–Kier alpha value is -1.86. The standard InChI is InChI=1S/C10H9Cl2N3O4/c11-6-1-4(2-7(12)15-6)9(17)14-5(10(18)19)3-8(13)16/h1-2,5H,3H2,(H2,13,16)(H,14,17)(H,18,19)/t5-/m1/s1. The van der Waals surface area contributed by atoms with Gasteiger partial charge in [0.05, 0.1) is 6.42 Å². The molecule has 1 atom stereocenters. The van der Waals surface area contributed by atoms with Gasteiger partial charge in [0.25, 0.3) is 5.91 Å². The Morgan fingerprint density at radius 1 is 1.32 bits per heavy atom. The average molecular weight is 306 g/mol. The highest BCUT2D eigenvalue weighted by atomic mass is 35.5. The molecule has 0 spiro atoms. The van der Waals surface area contributed by atoms with Gasteiger partial charge < -0.3 is 16.2 Å². The van der Waals surface area contributed by atoms with Gasteiger partial charge in [-0.2, -0.15) is 0 Å². The fourth-order valence-electron chi connectivity index (χ4n) is 1.24. The van der Waals surface area contributed by atoms with Crippen LogP contribution >= 0.6 is 23.2 Å². The maximum Gasteiger partial charge on any atom is 0.326 e. The van der Waals surface area contributed by atoms with Gasteiger partial charge in [0.1, 0.15) is 16.3 Å². The van der Waals surface area contributed by atoms with Gasteiger partial charge in [0, 0.05) is 5.56 Å². The quantitative estimate of drug-likeness (QED) is 0.681. The van der Waals surface area contributed by atoms with Crippen LogP contribution in [0.1, 0.15) is 16.8 Å². The van der Waals surface area contributed by atoms with Crippen LogP contribution in [0, 0.1) is 0 Å². The van der Waals surface area contributed by atoms with Crippen LogP contribution in [0.15, 0.2) is 12.1 Å². The molecule has 0 saturated heterocycles. The van der Waals surface area contributed by atoms with Crippen molar-refractivity contribution in [1.29, 1.82) is 0 Å². The van der Waals surface area contributed by atoms with Crippen molar-refractivity contribution in [3.63, 3.8) is 0 Å². The van der Waals surface area contributed by atoms with E-state index < -0.39 is 30.2 Å². The summed E-state index contributed by atoms with van der Waals surface area (Å²) in [5.41, 5.74) is 4.92. The Bertz CT molecular complexity index is 515. The molecular weight excluding hydrogens is 297 g/mol. The molecule has 9 heteroatoms. The van der Waals surface area contributed by atoms with E-state index in [2.05, 4.69) is 10.3 Å². The Kier molecular flexibility index (Phi) is 5.08. The van der Waals surface area contributed by atoms with Gasteiger partial charge in [-0.1, -0.05) is 23.2 Å². The monoisotopic (exact) mass is 305 g/mol. The van der Waals surface area contributed by atoms with E-state index in [1.165, 1.54) is 12.1 Å². The van der Waals surface area contributed by atoms with Crippen LogP contribution in [-0.4, -0.2) is 33.9 Å². The van der Waals surface area contributed by atoms with Crippen molar-refractivity contribution in [3.05, 3.63) is 28.0 Å². The molecular formula is C10H9Cl2N3O4. The van der Waals surface area contributed by atoms with Gasteiger partial charge in [-0.05, 0) is 12.1 Å². The second kappa shape index (κ2) is 6.35. The van der Waals surface area contributed by atoms with Crippen molar-refractivity contribution in [3.8, 4) is 0 Å². The molecule has 0 bridgehead atoms. The number of halogens is 2. The van der Waals surface area contributed by atoms with Gasteiger partial charge in [-0.25, -0.2) is 9.78 Å². The van der Waals surface area contributed by atoms with Crippen LogP contribution in [-0.2, 0) is 9.59 Å². The minimum Gasteiger partial charge on any atom is -0.480 e. The fraction of sp³-hybridized carbons (Fsp3) is 0.200. The Morgan fingerprint density at radius 2 is 1.84 bits per heavy atom. The summed E-state index contributed by atoms with van der Waals surface area (Å²) in [5.74, 6) is -2.98. The first-order chi connectivity index (χ1) is 8.79. The molecule has 0 radical (unpaired) electrons. The molecule has 1 rings (SSSR count). The first-order valence-electron chi connectivity index (χ1n) is 4.94. The minimum absolute atomic E-state index is 0.0144. The van der Waals surface area contributed by atoms with Gasteiger partial charge in [0.2, 0.25) is 5.91 Å². The SMILES string of the molecule is NC(=O)C[C@@H](NC(=O)c1cc(Cl)nc(Cl)c1)C(=O)O. The summed E-state index contributed by atoms with van der Waals surface area (Å²) in [6.45, 7) is 0.